The Balaban J connectivity index is 1.33. The fourth-order valence-corrected chi connectivity index (χ4v) is 7.81. The van der Waals surface area contributed by atoms with Gasteiger partial charge < -0.3 is 10.0 Å². The second kappa shape index (κ2) is 11.7. The Kier molecular flexibility index (Phi) is 9.21. The van der Waals surface area contributed by atoms with E-state index >= 15 is 4.39 Å². The van der Waals surface area contributed by atoms with E-state index in [-0.39, 0.29) is 42.3 Å². The van der Waals surface area contributed by atoms with Gasteiger partial charge >= 0.3 is 23.9 Å². The maximum Gasteiger partial charge on any atom is 0.460 e. The first-order valence-electron chi connectivity index (χ1n) is 14.6. The second-order valence-electron chi connectivity index (χ2n) is 12.9. The number of phenols is 1. The number of carbonyl (C=O) groups excluding carboxylic acids is 1. The number of benzene rings is 1. The lowest BCUT2D eigenvalue weighted by Gasteiger charge is -2.53. The summed E-state index contributed by atoms with van der Waals surface area (Å²) in [6.45, 7) is 1.15. The molecule has 0 unspecified atom stereocenters. The second-order valence-corrected chi connectivity index (χ2v) is 12.9. The van der Waals surface area contributed by atoms with Gasteiger partial charge in [-0.3, -0.25) is 4.79 Å². The summed E-state index contributed by atoms with van der Waals surface area (Å²) in [5.74, 6) is -19.3. The summed E-state index contributed by atoms with van der Waals surface area (Å²) < 4.78 is 134. The molecule has 1 N–H and O–H groups in total. The fourth-order valence-electron chi connectivity index (χ4n) is 7.81. The number of nitrogens with zero attached hydrogens (tertiary/aromatic N) is 1. The lowest BCUT2D eigenvalue weighted by molar-refractivity contribution is -0.396. The molecule has 1 aromatic carbocycles. The molecule has 0 heterocycles. The molecule has 4 rings (SSSR count). The molecule has 13 heteroatoms. The van der Waals surface area contributed by atoms with E-state index in [1.165, 1.54) is 11.9 Å². The van der Waals surface area contributed by atoms with E-state index in [9.17, 15) is 49.4 Å². The van der Waals surface area contributed by atoms with Crippen LogP contribution in [0.2, 0.25) is 0 Å². The minimum atomic E-state index is -6.89. The van der Waals surface area contributed by atoms with Crippen molar-refractivity contribution in [2.45, 2.75) is 101 Å². The molecule has 0 spiro atoms. The summed E-state index contributed by atoms with van der Waals surface area (Å²) in [5.41, 5.74) is 1.01. The van der Waals surface area contributed by atoms with Gasteiger partial charge in [0.2, 0.25) is 0 Å². The molecule has 1 aromatic rings. The average Bonchev–Trinajstić information content (AvgIpc) is 3.19. The van der Waals surface area contributed by atoms with Crippen LogP contribution in [-0.2, 0) is 11.2 Å². The third-order valence-corrected chi connectivity index (χ3v) is 10.2. The lowest BCUT2D eigenvalue weighted by atomic mass is 9.51. The van der Waals surface area contributed by atoms with Crippen LogP contribution in [0.5, 0.6) is 5.75 Å². The highest BCUT2D eigenvalue weighted by atomic mass is 19.4. The van der Waals surface area contributed by atoms with Gasteiger partial charge in [0.25, 0.3) is 0 Å². The van der Waals surface area contributed by atoms with Crippen molar-refractivity contribution >= 4 is 5.78 Å². The molecule has 2 fully saturated rings. The summed E-state index contributed by atoms with van der Waals surface area (Å²) in [6, 6.07) is 4.97. The minimum Gasteiger partial charge on any atom is -0.508 e. The van der Waals surface area contributed by atoms with Crippen LogP contribution < -0.4 is 0 Å². The van der Waals surface area contributed by atoms with E-state index in [2.05, 4.69) is 0 Å². The summed E-state index contributed by atoms with van der Waals surface area (Å²) in [4.78, 5) is 14.0. The number of halogens is 10. The van der Waals surface area contributed by atoms with Crippen molar-refractivity contribution < 1.29 is 53.8 Å². The average molecular weight is 634 g/mol. The molecule has 3 aliphatic carbocycles. The monoisotopic (exact) mass is 633 g/mol. The van der Waals surface area contributed by atoms with Gasteiger partial charge in [0.1, 0.15) is 17.7 Å². The third-order valence-electron chi connectivity index (χ3n) is 10.2. The van der Waals surface area contributed by atoms with E-state index in [1.54, 1.807) is 18.2 Å². The largest absolute Gasteiger partial charge is 0.508 e. The zero-order chi connectivity index (χ0) is 32.2. The van der Waals surface area contributed by atoms with Gasteiger partial charge in [0, 0.05) is 30.7 Å². The van der Waals surface area contributed by atoms with Crippen molar-refractivity contribution in [3.63, 3.8) is 0 Å². The van der Waals surface area contributed by atoms with Gasteiger partial charge in [-0.15, -0.1) is 0 Å². The molecular formula is C30H37F10NO2. The molecular weight excluding hydrogens is 596 g/mol. The molecule has 3 aliphatic rings. The quantitative estimate of drug-likeness (QED) is 0.197. The van der Waals surface area contributed by atoms with Crippen molar-refractivity contribution in [3.8, 4) is 5.75 Å². The van der Waals surface area contributed by atoms with Gasteiger partial charge in [-0.05, 0) is 86.7 Å². The molecule has 244 valence electrons. The van der Waals surface area contributed by atoms with Gasteiger partial charge in [0.05, 0.1) is 0 Å². The third kappa shape index (κ3) is 6.00. The van der Waals surface area contributed by atoms with E-state index in [0.29, 0.717) is 44.9 Å². The number of rotatable bonds is 11. The minimum absolute atomic E-state index is 0.0274. The summed E-state index contributed by atoms with van der Waals surface area (Å²) in [7, 11) is 1.28. The molecule has 43 heavy (non-hydrogen) atoms. The standard InChI is InChI=1S/C30H37F10NO2/c1-26-16-22(31)25-20-8-7-19(42)15-18(20)14-17(24(25)21(26)9-10-23(26)43)6-4-3-5-12-41(2)13-11-27(32,33)28(34,35)29(36,37)30(38,39)40/h7-8,15,17,21-22,24-25,42H,3-6,9-14,16H2,1-2H3/t17-,21+,22+,24+,25+,26+/m1/s1. The van der Waals surface area contributed by atoms with Gasteiger partial charge in [0.15, 0.2) is 0 Å². The van der Waals surface area contributed by atoms with E-state index < -0.39 is 54.4 Å². The Labute approximate surface area is 244 Å². The highest BCUT2D eigenvalue weighted by Gasteiger charge is 2.81. The van der Waals surface area contributed by atoms with Gasteiger partial charge in [-0.25, -0.2) is 4.39 Å². The number of carbonyl (C=O) groups is 1. The number of alkyl halides is 10. The number of Topliss-reactive ketones (excluding diaryl/α,β-unsaturated/α-hetero) is 1. The molecule has 0 radical (unpaired) electrons. The SMILES string of the molecule is CN(CCCCC[C@@H]1Cc2cc(O)ccc2[C@@H]2[C@@H]1[C@@H]1CCC(=O)[C@@]1(C)C[C@@H]2F)CCC(F)(F)C(F)(F)C(F)(F)C(F)(F)F. The smallest absolute Gasteiger partial charge is 0.460 e. The molecule has 3 nitrogen and oxygen atoms in total. The number of hydrogen-bond acceptors (Lipinski definition) is 3. The fraction of sp³-hybridized carbons (Fsp3) is 0.767. The summed E-state index contributed by atoms with van der Waals surface area (Å²) in [6.07, 6.45) is -5.75. The number of unbranched alkanes of at least 4 members (excludes halogenated alkanes) is 2. The van der Waals surface area contributed by atoms with Crippen molar-refractivity contribution in [2.75, 3.05) is 20.1 Å². The maximum absolute atomic E-state index is 15.8. The van der Waals surface area contributed by atoms with Crippen molar-refractivity contribution in [1.29, 1.82) is 0 Å². The van der Waals surface area contributed by atoms with Crippen LogP contribution >= 0.6 is 0 Å². The molecule has 2 saturated carbocycles. The van der Waals surface area contributed by atoms with E-state index in [1.807, 2.05) is 6.92 Å². The molecule has 0 aromatic heterocycles. The van der Waals surface area contributed by atoms with Crippen molar-refractivity contribution in [3.05, 3.63) is 29.3 Å². The van der Waals surface area contributed by atoms with E-state index in [0.717, 1.165) is 11.1 Å². The number of ketones is 1. The van der Waals surface area contributed by atoms with Crippen molar-refractivity contribution in [2.24, 2.45) is 23.2 Å². The van der Waals surface area contributed by atoms with Crippen molar-refractivity contribution in [1.82, 2.24) is 4.90 Å². The summed E-state index contributed by atoms with van der Waals surface area (Å²) in [5, 5.41) is 10.1. The lowest BCUT2D eigenvalue weighted by Crippen LogP contribution is -2.61. The zero-order valence-electron chi connectivity index (χ0n) is 24.0. The van der Waals surface area contributed by atoms with Crippen LogP contribution in [0.1, 0.15) is 75.3 Å². The first-order valence-corrected chi connectivity index (χ1v) is 14.6. The van der Waals surface area contributed by atoms with E-state index in [4.69, 9.17) is 0 Å². The predicted octanol–water partition coefficient (Wildman–Crippen LogP) is 8.34. The highest BCUT2D eigenvalue weighted by molar-refractivity contribution is 5.87. The first kappa shape index (κ1) is 33.8. The molecule has 0 bridgehead atoms. The Morgan fingerprint density at radius 1 is 0.977 bits per heavy atom. The van der Waals surface area contributed by atoms with Crippen LogP contribution in [0.4, 0.5) is 43.9 Å². The normalized spacial score (nSPS) is 29.9. The zero-order valence-corrected chi connectivity index (χ0v) is 24.0. The van der Waals surface area contributed by atoms with Crippen LogP contribution in [0.25, 0.3) is 0 Å². The van der Waals surface area contributed by atoms with Gasteiger partial charge in [-0.1, -0.05) is 25.8 Å². The topological polar surface area (TPSA) is 40.5 Å². The Hall–Kier alpha value is -2.05. The molecule has 0 amide bonds. The Bertz CT molecular complexity index is 1170. The summed E-state index contributed by atoms with van der Waals surface area (Å²) >= 11 is 0. The van der Waals surface area contributed by atoms with Gasteiger partial charge in [-0.2, -0.15) is 39.5 Å². The number of hydrogen-bond donors (Lipinski definition) is 1. The first-order chi connectivity index (χ1) is 19.7. The van der Waals surface area contributed by atoms with Crippen LogP contribution in [0, 0.1) is 23.2 Å². The van der Waals surface area contributed by atoms with Crippen LogP contribution in [0.15, 0.2) is 18.2 Å². The number of fused-ring (bicyclic) bond motifs is 5. The molecule has 0 aliphatic heterocycles. The van der Waals surface area contributed by atoms with Crippen LogP contribution in [-0.4, -0.2) is 66.0 Å². The number of phenolic OH excluding ortho intramolecular Hbond substituents is 1. The maximum atomic E-state index is 15.8. The van der Waals surface area contributed by atoms with Crippen LogP contribution in [0.3, 0.4) is 0 Å². The highest BCUT2D eigenvalue weighted by Crippen LogP contribution is 2.62. The molecule has 6 atom stereocenters. The predicted molar refractivity (Wildman–Crippen MR) is 138 cm³/mol. The Morgan fingerprint density at radius 3 is 2.30 bits per heavy atom. The number of aromatic hydroxyl groups is 1. The molecule has 0 saturated heterocycles. The Morgan fingerprint density at radius 2 is 1.65 bits per heavy atom.